The van der Waals surface area contributed by atoms with E-state index in [9.17, 15) is 28.8 Å². The smallest absolute Gasteiger partial charge is 0.343 e. The Morgan fingerprint density at radius 1 is 0.354 bits per heavy atom. The van der Waals surface area contributed by atoms with E-state index in [4.69, 9.17) is 100 Å². The molecule has 0 fully saturated rings. The van der Waals surface area contributed by atoms with Crippen LogP contribution < -0.4 is 33.2 Å². The van der Waals surface area contributed by atoms with Gasteiger partial charge in [-0.05, 0) is 250 Å². The van der Waals surface area contributed by atoms with Crippen LogP contribution in [0.3, 0.4) is 0 Å². The van der Waals surface area contributed by atoms with Crippen LogP contribution in [0.25, 0.3) is 31.3 Å². The second-order valence-corrected chi connectivity index (χ2v) is 38.2. The SMILES string of the molecule is BrCCCCBr.CCCCCOc1cccc(C(=O)O)c1.CCCCCOc1cccc(C(=O)Oc2ccc(-c3cc(=S)ss3)cc2)c1.CCCCCOc1cccc(C(=O)Oc2ccc(-c3cc(=S)ss3)cc2)c1.CCCCCOc1cccc(C=O)c1.O=Cc1cccc(O)c1.O=Cc1cccc(OCCCCBr)c1.O=[N+]([O-])O.Oc1ccc(-c2cc(=S)ss2)cc1.[Ag]. The van der Waals surface area contributed by atoms with Gasteiger partial charge in [0, 0.05) is 69.7 Å². The Hall–Kier alpha value is -8.81. The quantitative estimate of drug-likeness (QED) is 0.00266. The number of aromatic hydroxyl groups is 2. The van der Waals surface area contributed by atoms with Crippen LogP contribution in [0.4, 0.5) is 0 Å². The fraction of sp³-hybridized carbons (Fsp3) is 0.289. The number of aldehydes is 3. The molecule has 130 heavy (non-hydrogen) atoms. The minimum atomic E-state index is -1.50. The van der Waals surface area contributed by atoms with Gasteiger partial charge < -0.3 is 53.7 Å². The zero-order chi connectivity index (χ0) is 94.0. The number of carbonyl (C=O) groups is 6. The molecule has 0 aliphatic heterocycles. The summed E-state index contributed by atoms with van der Waals surface area (Å²) in [6.45, 7) is 12.0. The van der Waals surface area contributed by atoms with E-state index in [1.165, 1.54) is 37.8 Å². The Morgan fingerprint density at radius 2 is 0.623 bits per heavy atom. The van der Waals surface area contributed by atoms with Crippen molar-refractivity contribution in [3.63, 3.8) is 0 Å². The molecule has 699 valence electrons. The first-order chi connectivity index (χ1) is 62.5. The summed E-state index contributed by atoms with van der Waals surface area (Å²) in [6.07, 6.45) is 20.4. The largest absolute Gasteiger partial charge is 0.508 e. The maximum Gasteiger partial charge on any atom is 0.343 e. The summed E-state index contributed by atoms with van der Waals surface area (Å²) in [6, 6.07) is 69.4. The molecule has 9 aromatic carbocycles. The Bertz CT molecular complexity index is 5150. The monoisotopic (exact) mass is 2220 g/mol. The van der Waals surface area contributed by atoms with Gasteiger partial charge in [0.2, 0.25) is 0 Å². The summed E-state index contributed by atoms with van der Waals surface area (Å²) < 4.78 is 41.4. The molecule has 0 aliphatic carbocycles. The van der Waals surface area contributed by atoms with Gasteiger partial charge in [-0.15, -0.1) is 10.1 Å². The first kappa shape index (κ1) is 115. The van der Waals surface area contributed by atoms with Gasteiger partial charge in [0.1, 0.15) is 82.1 Å². The molecule has 0 bridgehead atoms. The Labute approximate surface area is 838 Å². The van der Waals surface area contributed by atoms with Crippen molar-refractivity contribution in [2.75, 3.05) is 49.0 Å². The summed E-state index contributed by atoms with van der Waals surface area (Å²) in [7, 11) is 9.71. The third-order valence-corrected chi connectivity index (χ3v) is 27.2. The van der Waals surface area contributed by atoms with Crippen molar-refractivity contribution in [3.05, 3.63) is 292 Å². The van der Waals surface area contributed by atoms with Crippen LogP contribution in [0, 0.1) is 21.6 Å². The van der Waals surface area contributed by atoms with E-state index in [1.807, 2.05) is 91.0 Å². The van der Waals surface area contributed by atoms with Crippen LogP contribution in [-0.2, 0) is 22.4 Å². The number of alkyl halides is 3. The number of carboxylic acid groups (broad SMARTS) is 1. The van der Waals surface area contributed by atoms with Crippen molar-refractivity contribution in [2.24, 2.45) is 0 Å². The maximum absolute atomic E-state index is 12.4. The zero-order valence-corrected chi connectivity index (χ0v) is 85.8. The van der Waals surface area contributed by atoms with Gasteiger partial charge in [-0.1, -0.05) is 280 Å². The predicted octanol–water partition coefficient (Wildman–Crippen LogP) is 30.4. The van der Waals surface area contributed by atoms with Crippen molar-refractivity contribution >= 4 is 183 Å². The minimum absolute atomic E-state index is 0. The number of carboxylic acids is 1. The number of unbranched alkanes of at least 4 members (excludes halogenated alkanes) is 10. The summed E-state index contributed by atoms with van der Waals surface area (Å²) in [5.74, 6) is 3.29. The van der Waals surface area contributed by atoms with Crippen LogP contribution >= 0.6 is 146 Å². The van der Waals surface area contributed by atoms with E-state index in [0.717, 1.165) is 167 Å². The molecule has 0 unspecified atom stereocenters. The molecule has 0 saturated heterocycles. The third kappa shape index (κ3) is 51.9. The van der Waals surface area contributed by atoms with Crippen molar-refractivity contribution < 1.29 is 110 Å². The minimum Gasteiger partial charge on any atom is -0.508 e. The molecule has 12 rings (SSSR count). The molecule has 33 heteroatoms. The Balaban J connectivity index is 0.000000394. The topological polar surface area (TPSA) is 291 Å². The molecule has 20 nitrogen and oxygen atoms in total. The van der Waals surface area contributed by atoms with Gasteiger partial charge in [-0.25, -0.2) is 14.4 Å². The molecular formula is C97H106AgBr3NO19S9. The second-order valence-electron chi connectivity index (χ2n) is 27.1. The zero-order valence-electron chi connectivity index (χ0n) is 72.2. The van der Waals surface area contributed by atoms with Crippen molar-refractivity contribution in [1.29, 1.82) is 0 Å². The number of halogens is 3. The van der Waals surface area contributed by atoms with Gasteiger partial charge >= 0.3 is 17.9 Å². The number of hydrogen-bond donors (Lipinski definition) is 4. The average Bonchev–Trinajstić information content (AvgIpc) is 1.58. The number of nitrogens with zero attached hydrogens (tertiary/aromatic N) is 1. The van der Waals surface area contributed by atoms with E-state index < -0.39 is 23.0 Å². The number of aromatic carboxylic acids is 1. The number of phenolic OH excluding ortho intramolecular Hbond substituents is 2. The van der Waals surface area contributed by atoms with E-state index in [0.29, 0.717) is 95.0 Å². The molecule has 1 radical (unpaired) electrons. The molecule has 4 N–H and O–H groups in total. The number of ether oxygens (including phenoxy) is 7. The summed E-state index contributed by atoms with van der Waals surface area (Å²) >= 11 is 25.4. The van der Waals surface area contributed by atoms with Crippen molar-refractivity contribution in [1.82, 2.24) is 0 Å². The van der Waals surface area contributed by atoms with Gasteiger partial charge in [-0.3, -0.25) is 14.4 Å². The number of carbonyl (C=O) groups excluding carboxylic acids is 5. The average molecular weight is 2230 g/mol. The Kier molecular flexibility index (Phi) is 63.7. The molecule has 0 aliphatic rings. The maximum atomic E-state index is 12.4. The molecule has 0 amide bonds. The third-order valence-electron chi connectivity index (χ3n) is 16.8. The van der Waals surface area contributed by atoms with E-state index in [2.05, 4.69) is 75.5 Å². The van der Waals surface area contributed by atoms with Crippen LogP contribution in [0.15, 0.2) is 237 Å². The fourth-order valence-electron chi connectivity index (χ4n) is 10.3. The number of phenols is 2. The molecule has 3 aromatic heterocycles. The number of hydrogen-bond acceptors (Lipinski definition) is 26. The second kappa shape index (κ2) is 71.8. The molecule has 3 heterocycles. The summed E-state index contributed by atoms with van der Waals surface area (Å²) in [5.41, 5.74) is 6.27. The fourth-order valence-corrected chi connectivity index (χ4v) is 18.7. The van der Waals surface area contributed by atoms with Gasteiger partial charge in [0.25, 0.3) is 5.09 Å². The van der Waals surface area contributed by atoms with Gasteiger partial charge in [0.15, 0.2) is 0 Å². The normalized spacial score (nSPS) is 9.87. The van der Waals surface area contributed by atoms with Crippen LogP contribution in [-0.4, -0.2) is 111 Å². The predicted molar refractivity (Wildman–Crippen MR) is 545 cm³/mol. The van der Waals surface area contributed by atoms with Gasteiger partial charge in [-0.2, -0.15) is 0 Å². The number of rotatable bonds is 39. The summed E-state index contributed by atoms with van der Waals surface area (Å²) in [4.78, 5) is 78.3. The molecule has 0 atom stereocenters. The van der Waals surface area contributed by atoms with E-state index in [1.54, 1.807) is 196 Å². The van der Waals surface area contributed by atoms with Gasteiger partial charge in [0.05, 0.1) is 49.7 Å². The number of esters is 2. The molecule has 0 saturated carbocycles. The first-order valence-corrected chi connectivity index (χ1v) is 52.3. The molecular weight excluding hydrogens is 2120 g/mol. The van der Waals surface area contributed by atoms with E-state index in [-0.39, 0.29) is 33.7 Å². The van der Waals surface area contributed by atoms with Crippen LogP contribution in [0.2, 0.25) is 0 Å². The Morgan fingerprint density at radius 3 is 0.900 bits per heavy atom. The van der Waals surface area contributed by atoms with E-state index >= 15 is 0 Å². The standard InChI is InChI=1S/2C21H20O3S3.C12H16O3.C12H16O2.C11H13BrO2.C9H6OS3.C7H6O2.C4H8Br2.Ag.HNO3/c2*1-2-3-4-12-23-18-7-5-6-16(13-18)21(22)24-17-10-8-15(9-11-17)19-14-20(25)27-26-19;1-2-3-4-8-15-11-7-5-6-10(9-11)12(13)14;1-2-3-4-8-14-12-7-5-6-11(9-12)10-13;12-6-1-2-7-14-11-5-3-4-10(8-11)9-13;10-7-3-1-6(2-4-7)8-5-9(11)13-12-8;8-5-6-2-1-3-7(9)4-6;5-3-1-2-4-6;;2-1(3)4/h2*5-11,13-14H,2-4,12H2,1H3;5-7,9H,2-4,8H2,1H3,(H,13,14);5-7,9-10H,2-4,8H2,1H3;3-5,8-9H,1-2,6-7H2;1-5,10H;1-5,9H;1-4H2;;(H,2,3,4). The van der Waals surface area contributed by atoms with Crippen molar-refractivity contribution in [2.45, 2.75) is 130 Å². The molecule has 0 spiro atoms. The first-order valence-electron chi connectivity index (χ1n) is 41.3. The molecule has 12 aromatic rings. The summed E-state index contributed by atoms with van der Waals surface area (Å²) in [5, 5.41) is 43.6. The number of benzene rings is 9. The van der Waals surface area contributed by atoms with Crippen LogP contribution in [0.5, 0.6) is 51.7 Å². The van der Waals surface area contributed by atoms with Crippen molar-refractivity contribution in [3.8, 4) is 83.1 Å². The van der Waals surface area contributed by atoms with Crippen LogP contribution in [0.1, 0.15) is 193 Å².